The molecule has 10 atom stereocenters. The lowest BCUT2D eigenvalue weighted by Gasteiger charge is -2.44. The van der Waals surface area contributed by atoms with E-state index in [1.54, 1.807) is 0 Å². The summed E-state index contributed by atoms with van der Waals surface area (Å²) in [5, 5.41) is 4.09. The molecule has 0 aliphatic carbocycles. The second-order valence-electron chi connectivity index (χ2n) is 11.2. The Morgan fingerprint density at radius 3 is 1.19 bits per heavy atom. The van der Waals surface area contributed by atoms with Crippen molar-refractivity contribution in [2.75, 3.05) is 13.2 Å². The first-order valence-electron chi connectivity index (χ1n) is 15.4. The molecule has 0 radical (unpaired) electrons. The minimum absolute atomic E-state index is 0.624. The molecule has 2 fully saturated rings. The number of urea groups is 1. The Kier molecular flexibility index (Phi) is 15.9. The predicted molar refractivity (Wildman–Crippen MR) is 161 cm³/mol. The van der Waals surface area contributed by atoms with Gasteiger partial charge in [-0.25, -0.2) is 4.79 Å². The van der Waals surface area contributed by atoms with Gasteiger partial charge in [0.05, 0.1) is 0 Å². The number of hydrogen-bond acceptors (Lipinski definition) is 20. The molecule has 2 aliphatic rings. The van der Waals surface area contributed by atoms with E-state index in [1.807, 2.05) is 5.32 Å². The topological polar surface area (TPSA) is 287 Å². The fraction of sp³-hybridized carbons (Fsp3) is 0.667. The molecule has 2 N–H and O–H groups in total. The Morgan fingerprint density at radius 1 is 0.442 bits per heavy atom. The summed E-state index contributed by atoms with van der Waals surface area (Å²) in [6.07, 6.45) is -17.0. The SMILES string of the molecule is CC(=O)OC[C@H]1O[C@@H](C(=O)NC(=O)N[C@@H]2O[C@H](COC(C)=O)[C@@H](OC(C)=O)[C@H](OC(C)=O)[C@H]2OC(C)=O)[C@H](OC(C)=O)[C@@H](OC(C)=O)[C@H]1OC(C)=O. The van der Waals surface area contributed by atoms with Crippen molar-refractivity contribution in [2.45, 2.75) is 117 Å². The van der Waals surface area contributed by atoms with E-state index in [9.17, 15) is 47.9 Å². The van der Waals surface area contributed by atoms with Gasteiger partial charge in [0, 0.05) is 55.4 Å². The first-order chi connectivity index (χ1) is 24.2. The number of imide groups is 1. The monoisotopic (exact) mass is 748 g/mol. The molecule has 2 heterocycles. The van der Waals surface area contributed by atoms with Gasteiger partial charge in [-0.1, -0.05) is 0 Å². The quantitative estimate of drug-likeness (QED) is 0.161. The van der Waals surface area contributed by atoms with Crippen molar-refractivity contribution < 1.29 is 95.3 Å². The predicted octanol–water partition coefficient (Wildman–Crippen LogP) is -1.98. The van der Waals surface area contributed by atoms with Crippen molar-refractivity contribution in [1.29, 1.82) is 0 Å². The number of ether oxygens (including phenoxy) is 10. The van der Waals surface area contributed by atoms with Gasteiger partial charge >= 0.3 is 53.8 Å². The van der Waals surface area contributed by atoms with Gasteiger partial charge in [-0.05, 0) is 0 Å². The number of rotatable bonds is 12. The molecule has 0 bridgehead atoms. The van der Waals surface area contributed by atoms with Crippen molar-refractivity contribution >= 4 is 59.7 Å². The molecule has 0 saturated carbocycles. The first-order valence-corrected chi connectivity index (χ1v) is 15.4. The Bertz CT molecular complexity index is 1410. The molecule has 2 saturated heterocycles. The van der Waals surface area contributed by atoms with Crippen molar-refractivity contribution in [3.05, 3.63) is 0 Å². The summed E-state index contributed by atoms with van der Waals surface area (Å²) in [5.41, 5.74) is 0. The lowest BCUT2D eigenvalue weighted by atomic mass is 9.93. The molecular formula is C30H40N2O20. The van der Waals surface area contributed by atoms with Crippen LogP contribution in [0, 0.1) is 0 Å². The first kappa shape index (κ1) is 42.8. The van der Waals surface area contributed by atoms with Crippen molar-refractivity contribution in [2.24, 2.45) is 0 Å². The average molecular weight is 749 g/mol. The molecule has 0 aromatic heterocycles. The van der Waals surface area contributed by atoms with Gasteiger partial charge in [0.25, 0.3) is 5.91 Å². The highest BCUT2D eigenvalue weighted by Gasteiger charge is 2.56. The summed E-state index contributed by atoms with van der Waals surface area (Å²) in [5.74, 6) is -8.73. The van der Waals surface area contributed by atoms with E-state index in [-0.39, 0.29) is 0 Å². The maximum atomic E-state index is 13.6. The van der Waals surface area contributed by atoms with E-state index in [0.717, 1.165) is 55.4 Å². The molecule has 290 valence electrons. The highest BCUT2D eigenvalue weighted by Crippen LogP contribution is 2.31. The van der Waals surface area contributed by atoms with E-state index in [2.05, 4.69) is 5.32 Å². The molecule has 3 amide bonds. The van der Waals surface area contributed by atoms with Crippen LogP contribution in [-0.4, -0.2) is 134 Å². The summed E-state index contributed by atoms with van der Waals surface area (Å²) in [6.45, 7) is 6.63. The number of esters is 8. The van der Waals surface area contributed by atoms with E-state index < -0.39 is 134 Å². The van der Waals surface area contributed by atoms with Gasteiger partial charge in [-0.3, -0.25) is 48.5 Å². The van der Waals surface area contributed by atoms with Gasteiger partial charge in [0.2, 0.25) is 0 Å². The second-order valence-corrected chi connectivity index (χ2v) is 11.2. The number of amides is 3. The standard InChI is InChI=1S/C30H40N2O20/c1-11(33)43-9-19-21(45-13(3)35)23(47-15(5)37)25(49-17(7)39)26(51-19)28(41)31-30(42)32-29-27(50-18(8)40)24(48-16(6)38)22(46-14(4)36)20(52-29)10-44-12(2)34/h19-27,29H,9-10H2,1-8H3,(H2,31,32,41,42)/t19-,20-,21+,22-,23+,24+,25-,26-,27-,29-/m1/s1. The van der Waals surface area contributed by atoms with Crippen LogP contribution in [0.5, 0.6) is 0 Å². The molecule has 0 aromatic rings. The third-order valence-electron chi connectivity index (χ3n) is 6.75. The van der Waals surface area contributed by atoms with Crippen LogP contribution in [0.4, 0.5) is 4.79 Å². The van der Waals surface area contributed by atoms with Crippen LogP contribution in [-0.2, 0) is 90.5 Å². The van der Waals surface area contributed by atoms with Crippen LogP contribution in [0.1, 0.15) is 55.4 Å². The van der Waals surface area contributed by atoms with Gasteiger partial charge in [-0.2, -0.15) is 0 Å². The molecule has 52 heavy (non-hydrogen) atoms. The Labute approximate surface area is 295 Å². The maximum absolute atomic E-state index is 13.6. The third-order valence-corrected chi connectivity index (χ3v) is 6.75. The van der Waals surface area contributed by atoms with Crippen LogP contribution in [0.25, 0.3) is 0 Å². The number of carbonyl (C=O) groups is 10. The average Bonchev–Trinajstić information content (AvgIpc) is 2.98. The lowest BCUT2D eigenvalue weighted by molar-refractivity contribution is -0.255. The minimum Gasteiger partial charge on any atom is -0.463 e. The molecule has 22 nitrogen and oxygen atoms in total. The summed E-state index contributed by atoms with van der Waals surface area (Å²) in [4.78, 5) is 122. The Balaban J connectivity index is 2.50. The highest BCUT2D eigenvalue weighted by molar-refractivity contribution is 5.97. The lowest BCUT2D eigenvalue weighted by Crippen LogP contribution is -2.68. The van der Waals surface area contributed by atoms with Gasteiger partial charge in [0.1, 0.15) is 25.4 Å². The van der Waals surface area contributed by atoms with E-state index >= 15 is 0 Å². The third kappa shape index (κ3) is 13.1. The molecule has 2 rings (SSSR count). The zero-order chi connectivity index (χ0) is 39.4. The summed E-state index contributed by atoms with van der Waals surface area (Å²) < 4.78 is 53.0. The number of carbonyl (C=O) groups excluding carboxylic acids is 10. The number of nitrogens with one attached hydrogen (secondary N) is 2. The van der Waals surface area contributed by atoms with Crippen LogP contribution in [0.3, 0.4) is 0 Å². The molecule has 2 aliphatic heterocycles. The highest BCUT2D eigenvalue weighted by atomic mass is 16.7. The Morgan fingerprint density at radius 2 is 0.788 bits per heavy atom. The molecule has 0 aromatic carbocycles. The fourth-order valence-electron chi connectivity index (χ4n) is 5.13. The summed E-state index contributed by atoms with van der Waals surface area (Å²) in [6, 6.07) is -1.40. The van der Waals surface area contributed by atoms with E-state index in [0.29, 0.717) is 0 Å². The molecule has 0 spiro atoms. The minimum atomic E-state index is -2.01. The van der Waals surface area contributed by atoms with E-state index in [4.69, 9.17) is 47.4 Å². The Hall–Kier alpha value is -5.38. The summed E-state index contributed by atoms with van der Waals surface area (Å²) >= 11 is 0. The smallest absolute Gasteiger partial charge is 0.323 e. The van der Waals surface area contributed by atoms with Crippen LogP contribution >= 0.6 is 0 Å². The van der Waals surface area contributed by atoms with Gasteiger partial charge < -0.3 is 52.7 Å². The maximum Gasteiger partial charge on any atom is 0.323 e. The number of hydrogen-bond donors (Lipinski definition) is 2. The largest absolute Gasteiger partial charge is 0.463 e. The fourth-order valence-corrected chi connectivity index (χ4v) is 5.13. The molecule has 22 heteroatoms. The zero-order valence-electron chi connectivity index (χ0n) is 29.4. The van der Waals surface area contributed by atoms with Crippen molar-refractivity contribution in [3.8, 4) is 0 Å². The van der Waals surface area contributed by atoms with Crippen LogP contribution in [0.2, 0.25) is 0 Å². The van der Waals surface area contributed by atoms with Gasteiger partial charge in [-0.15, -0.1) is 0 Å². The second kappa shape index (κ2) is 19.3. The van der Waals surface area contributed by atoms with E-state index in [1.165, 1.54) is 0 Å². The van der Waals surface area contributed by atoms with Gasteiger partial charge in [0.15, 0.2) is 49.0 Å². The summed E-state index contributed by atoms with van der Waals surface area (Å²) in [7, 11) is 0. The van der Waals surface area contributed by atoms with Crippen LogP contribution in [0.15, 0.2) is 0 Å². The molecule has 0 unspecified atom stereocenters. The van der Waals surface area contributed by atoms with Crippen molar-refractivity contribution in [1.82, 2.24) is 10.6 Å². The normalized spacial score (nSPS) is 28.0. The zero-order valence-corrected chi connectivity index (χ0v) is 29.4. The molecular weight excluding hydrogens is 708 g/mol. The van der Waals surface area contributed by atoms with Crippen molar-refractivity contribution in [3.63, 3.8) is 0 Å². The van der Waals surface area contributed by atoms with Crippen LogP contribution < -0.4 is 10.6 Å².